The van der Waals surface area contributed by atoms with Crippen molar-refractivity contribution in [3.8, 4) is 0 Å². The first-order chi connectivity index (χ1) is 14.3. The molecule has 3 unspecified atom stereocenters. The van der Waals surface area contributed by atoms with Crippen LogP contribution >= 0.6 is 0 Å². The summed E-state index contributed by atoms with van der Waals surface area (Å²) >= 11 is 0. The Morgan fingerprint density at radius 1 is 1.07 bits per heavy atom. The van der Waals surface area contributed by atoms with E-state index in [0.29, 0.717) is 11.8 Å². The van der Waals surface area contributed by atoms with Crippen molar-refractivity contribution in [2.24, 2.45) is 11.8 Å². The number of non-ortho nitro benzene ring substituents is 1. The van der Waals surface area contributed by atoms with Gasteiger partial charge < -0.3 is 5.32 Å². The number of carbonyl (C=O) groups is 1. The van der Waals surface area contributed by atoms with Crippen molar-refractivity contribution in [1.29, 1.82) is 0 Å². The van der Waals surface area contributed by atoms with E-state index < -0.39 is 14.9 Å². The number of carbonyl (C=O) groups excluding carboxylic acids is 1. The zero-order valence-electron chi connectivity index (χ0n) is 16.3. The highest BCUT2D eigenvalue weighted by Gasteiger charge is 2.40. The van der Waals surface area contributed by atoms with Crippen LogP contribution in [0, 0.1) is 22.0 Å². The summed E-state index contributed by atoms with van der Waals surface area (Å²) in [7, 11) is -4.02. The second-order valence-electron chi connectivity index (χ2n) is 7.95. The van der Waals surface area contributed by atoms with Crippen LogP contribution in [0.3, 0.4) is 0 Å². The number of nitro groups is 1. The summed E-state index contributed by atoms with van der Waals surface area (Å²) in [5.74, 6) is 0.752. The molecule has 1 N–H and O–H groups in total. The van der Waals surface area contributed by atoms with Crippen molar-refractivity contribution in [3.05, 3.63) is 64.7 Å². The molecule has 0 aromatic heterocycles. The molecule has 1 amide bonds. The average molecular weight is 429 g/mol. The van der Waals surface area contributed by atoms with Gasteiger partial charge in [0, 0.05) is 18.2 Å². The van der Waals surface area contributed by atoms with Gasteiger partial charge in [0.05, 0.1) is 15.5 Å². The molecule has 0 heterocycles. The number of hydrogen-bond donors (Lipinski definition) is 1. The van der Waals surface area contributed by atoms with Crippen molar-refractivity contribution in [2.45, 2.75) is 36.6 Å². The maximum atomic E-state index is 13.3. The predicted octanol–water partition coefficient (Wildman–Crippen LogP) is 3.09. The smallest absolute Gasteiger partial charge is 0.269 e. The molecule has 0 spiro atoms. The third-order valence-corrected chi connectivity index (χ3v) is 7.84. The molecule has 4 rings (SSSR count). The molecule has 0 saturated heterocycles. The Morgan fingerprint density at radius 3 is 2.33 bits per heavy atom. The molecule has 3 atom stereocenters. The fourth-order valence-electron chi connectivity index (χ4n) is 4.58. The summed E-state index contributed by atoms with van der Waals surface area (Å²) in [6.45, 7) is -0.386. The minimum absolute atomic E-state index is 0.0519. The molecule has 9 heteroatoms. The normalized spacial score (nSPS) is 22.6. The molecule has 0 aliphatic heterocycles. The van der Waals surface area contributed by atoms with Crippen LogP contribution in [0.2, 0.25) is 0 Å². The van der Waals surface area contributed by atoms with Gasteiger partial charge in [-0.2, -0.15) is 0 Å². The van der Waals surface area contributed by atoms with Crippen LogP contribution in [0.1, 0.15) is 25.7 Å². The molecular weight excluding hydrogens is 406 g/mol. The first-order valence-electron chi connectivity index (χ1n) is 9.96. The summed E-state index contributed by atoms with van der Waals surface area (Å²) in [5, 5.41) is 14.0. The van der Waals surface area contributed by atoms with E-state index in [-0.39, 0.29) is 34.8 Å². The van der Waals surface area contributed by atoms with Gasteiger partial charge in [-0.1, -0.05) is 24.6 Å². The standard InChI is InChI=1S/C21H23N3O5S/c25-21(22-20-13-15-6-7-16(20)12-15)14-23(17-8-10-18(11-9-17)24(26)27)30(28,29)19-4-2-1-3-5-19/h1-5,8-11,15-16,20H,6-7,12-14H2,(H,22,25). The van der Waals surface area contributed by atoms with Gasteiger partial charge in [0.1, 0.15) is 6.54 Å². The highest BCUT2D eigenvalue weighted by molar-refractivity contribution is 7.92. The number of nitro benzene ring substituents is 1. The number of amides is 1. The van der Waals surface area contributed by atoms with Gasteiger partial charge in [-0.05, 0) is 55.4 Å². The summed E-state index contributed by atoms with van der Waals surface area (Å²) in [4.78, 5) is 23.2. The van der Waals surface area contributed by atoms with Gasteiger partial charge in [-0.15, -0.1) is 0 Å². The Bertz CT molecular complexity index is 1040. The van der Waals surface area contributed by atoms with Crippen LogP contribution in [-0.2, 0) is 14.8 Å². The minimum Gasteiger partial charge on any atom is -0.352 e. The SMILES string of the molecule is O=C(CN(c1ccc([N+](=O)[O-])cc1)S(=O)(=O)c1ccccc1)NC1CC2CCC1C2. The Balaban J connectivity index is 1.60. The molecule has 2 fully saturated rings. The number of rotatable bonds is 7. The van der Waals surface area contributed by atoms with E-state index in [0.717, 1.165) is 23.6 Å². The molecule has 2 aliphatic rings. The summed E-state index contributed by atoms with van der Waals surface area (Å²) in [6.07, 6.45) is 4.37. The van der Waals surface area contributed by atoms with Gasteiger partial charge in [-0.3, -0.25) is 19.2 Å². The van der Waals surface area contributed by atoms with Gasteiger partial charge >= 0.3 is 0 Å². The maximum Gasteiger partial charge on any atom is 0.269 e. The van der Waals surface area contributed by atoms with Gasteiger partial charge in [0.2, 0.25) is 5.91 Å². The Morgan fingerprint density at radius 2 is 1.77 bits per heavy atom. The highest BCUT2D eigenvalue weighted by Crippen LogP contribution is 2.44. The molecule has 2 bridgehead atoms. The topological polar surface area (TPSA) is 110 Å². The molecule has 2 aromatic rings. The van der Waals surface area contributed by atoms with Crippen molar-refractivity contribution in [1.82, 2.24) is 5.32 Å². The second-order valence-corrected chi connectivity index (χ2v) is 9.81. The van der Waals surface area contributed by atoms with Gasteiger partial charge in [0.25, 0.3) is 15.7 Å². The van der Waals surface area contributed by atoms with Crippen LogP contribution in [0.4, 0.5) is 11.4 Å². The molecule has 2 saturated carbocycles. The highest BCUT2D eigenvalue weighted by atomic mass is 32.2. The van der Waals surface area contributed by atoms with Crippen LogP contribution < -0.4 is 9.62 Å². The zero-order chi connectivity index (χ0) is 21.3. The second kappa shape index (κ2) is 8.06. The lowest BCUT2D eigenvalue weighted by Gasteiger charge is -2.27. The van der Waals surface area contributed by atoms with Crippen molar-refractivity contribution in [2.75, 3.05) is 10.8 Å². The Kier molecular flexibility index (Phi) is 5.46. The first kappa shape index (κ1) is 20.3. The lowest BCUT2D eigenvalue weighted by molar-refractivity contribution is -0.384. The molecule has 2 aliphatic carbocycles. The summed E-state index contributed by atoms with van der Waals surface area (Å²) < 4.78 is 27.5. The summed E-state index contributed by atoms with van der Waals surface area (Å²) in [5.41, 5.74) is 0.0507. The third-order valence-electron chi connectivity index (χ3n) is 6.05. The molecule has 158 valence electrons. The quantitative estimate of drug-likeness (QED) is 0.537. The van der Waals surface area contributed by atoms with Crippen molar-refractivity contribution < 1.29 is 18.1 Å². The number of fused-ring (bicyclic) bond motifs is 2. The van der Waals surface area contributed by atoms with Crippen LogP contribution in [0.5, 0.6) is 0 Å². The lowest BCUT2D eigenvalue weighted by Crippen LogP contribution is -2.45. The van der Waals surface area contributed by atoms with Gasteiger partial charge in [-0.25, -0.2) is 8.42 Å². The zero-order valence-corrected chi connectivity index (χ0v) is 17.1. The fraction of sp³-hybridized carbons (Fsp3) is 0.381. The van der Waals surface area contributed by atoms with E-state index in [1.807, 2.05) is 0 Å². The maximum absolute atomic E-state index is 13.3. The lowest BCUT2D eigenvalue weighted by atomic mass is 9.95. The Hall–Kier alpha value is -2.94. The van der Waals surface area contributed by atoms with E-state index >= 15 is 0 Å². The number of sulfonamides is 1. The van der Waals surface area contributed by atoms with E-state index in [1.165, 1.54) is 42.8 Å². The number of hydrogen-bond acceptors (Lipinski definition) is 5. The minimum atomic E-state index is -4.02. The van der Waals surface area contributed by atoms with Crippen molar-refractivity contribution in [3.63, 3.8) is 0 Å². The van der Waals surface area contributed by atoms with Crippen LogP contribution in [-0.4, -0.2) is 31.8 Å². The number of anilines is 1. The monoisotopic (exact) mass is 429 g/mol. The first-order valence-corrected chi connectivity index (χ1v) is 11.4. The third kappa shape index (κ3) is 4.02. The van der Waals surface area contributed by atoms with E-state index in [9.17, 15) is 23.3 Å². The van der Waals surface area contributed by atoms with Gasteiger partial charge in [0.15, 0.2) is 0 Å². The number of benzene rings is 2. The van der Waals surface area contributed by atoms with Crippen molar-refractivity contribution >= 4 is 27.3 Å². The van der Waals surface area contributed by atoms with E-state index in [4.69, 9.17) is 0 Å². The van der Waals surface area contributed by atoms with E-state index in [2.05, 4.69) is 5.32 Å². The number of nitrogens with zero attached hydrogens (tertiary/aromatic N) is 2. The molecule has 0 radical (unpaired) electrons. The predicted molar refractivity (Wildman–Crippen MR) is 111 cm³/mol. The molecular formula is C21H23N3O5S. The average Bonchev–Trinajstić information content (AvgIpc) is 3.36. The number of nitrogens with one attached hydrogen (secondary N) is 1. The molecule has 30 heavy (non-hydrogen) atoms. The summed E-state index contributed by atoms with van der Waals surface area (Å²) in [6, 6.07) is 13.1. The largest absolute Gasteiger partial charge is 0.352 e. The van der Waals surface area contributed by atoms with Crippen LogP contribution in [0.15, 0.2) is 59.5 Å². The molecule has 8 nitrogen and oxygen atoms in total. The fourth-order valence-corrected chi connectivity index (χ4v) is 6.02. The Labute approximate surface area is 175 Å². The van der Waals surface area contributed by atoms with E-state index in [1.54, 1.807) is 18.2 Å². The molecule has 2 aromatic carbocycles. The van der Waals surface area contributed by atoms with Crippen LogP contribution in [0.25, 0.3) is 0 Å².